The maximum Gasteiger partial charge on any atom is 0.161 e. The Labute approximate surface area is 273 Å². The zero-order chi connectivity index (χ0) is 31.1. The van der Waals surface area contributed by atoms with E-state index in [0.717, 1.165) is 70.6 Å². The molecule has 46 heavy (non-hydrogen) atoms. The van der Waals surface area contributed by atoms with Crippen molar-refractivity contribution in [3.63, 3.8) is 0 Å². The predicted molar refractivity (Wildman–Crippen MR) is 166 cm³/mol. The van der Waals surface area contributed by atoms with Crippen LogP contribution in [-0.2, 0) is 42.7 Å². The van der Waals surface area contributed by atoms with Gasteiger partial charge in [-0.2, -0.15) is 0 Å². The molecule has 0 radical (unpaired) electrons. The molecule has 0 spiro atoms. The van der Waals surface area contributed by atoms with E-state index in [1.54, 1.807) is 0 Å². The van der Waals surface area contributed by atoms with Gasteiger partial charge in [0.15, 0.2) is 6.29 Å². The lowest BCUT2D eigenvalue weighted by molar-refractivity contribution is -0.309. The molecule has 9 heterocycles. The molecule has 0 N–H and O–H groups in total. The van der Waals surface area contributed by atoms with E-state index in [1.807, 2.05) is 0 Å². The Hall–Kier alpha value is -0.910. The minimum absolute atomic E-state index is 0.0197. The van der Waals surface area contributed by atoms with Gasteiger partial charge in [0.05, 0.1) is 48.8 Å². The van der Waals surface area contributed by atoms with Crippen LogP contribution in [-0.4, -0.2) is 98.0 Å². The molecule has 9 aliphatic rings. The van der Waals surface area contributed by atoms with Crippen molar-refractivity contribution in [1.29, 1.82) is 0 Å². The second-order valence-electron chi connectivity index (χ2n) is 16.4. The fraction of sp³-hybridized carbons (Fsp3) is 0.919. The van der Waals surface area contributed by atoms with Crippen molar-refractivity contribution in [1.82, 2.24) is 0 Å². The van der Waals surface area contributed by atoms with Crippen LogP contribution in [0, 0.1) is 23.7 Å². The van der Waals surface area contributed by atoms with E-state index in [0.29, 0.717) is 31.3 Å². The van der Waals surface area contributed by atoms with Gasteiger partial charge in [0.2, 0.25) is 0 Å². The molecule has 0 aromatic heterocycles. The summed E-state index contributed by atoms with van der Waals surface area (Å²) in [5.41, 5.74) is 1.18. The summed E-state index contributed by atoms with van der Waals surface area (Å²) in [6.07, 6.45) is 10.9. The fourth-order valence-corrected chi connectivity index (χ4v) is 10.7. The highest BCUT2D eigenvalue weighted by atomic mass is 16.7. The lowest BCUT2D eigenvalue weighted by Crippen LogP contribution is -2.61. The van der Waals surface area contributed by atoms with Crippen molar-refractivity contribution < 1.29 is 42.7 Å². The van der Waals surface area contributed by atoms with E-state index in [4.69, 9.17) is 37.9 Å². The Morgan fingerprint density at radius 3 is 2.20 bits per heavy atom. The molecular weight excluding hydrogens is 588 g/mol. The van der Waals surface area contributed by atoms with Gasteiger partial charge >= 0.3 is 0 Å². The number of ether oxygens (including phenoxy) is 8. The summed E-state index contributed by atoms with van der Waals surface area (Å²) in [6, 6.07) is 0. The van der Waals surface area contributed by atoms with Gasteiger partial charge in [-0.15, -0.1) is 0 Å². The molecule has 12 unspecified atom stereocenters. The van der Waals surface area contributed by atoms with Crippen LogP contribution < -0.4 is 0 Å². The first-order chi connectivity index (χ1) is 22.4. The molecular formula is C37H54O9. The highest BCUT2D eigenvalue weighted by Crippen LogP contribution is 2.50. The number of fused-ring (bicyclic) bond motifs is 6. The van der Waals surface area contributed by atoms with Crippen LogP contribution in [0.15, 0.2) is 12.2 Å². The Morgan fingerprint density at radius 1 is 0.565 bits per heavy atom. The molecule has 11 bridgehead atoms. The molecule has 0 saturated carbocycles. The summed E-state index contributed by atoms with van der Waals surface area (Å²) in [7, 11) is 0. The third kappa shape index (κ3) is 5.66. The molecule has 9 nitrogen and oxygen atoms in total. The molecule has 9 aliphatic heterocycles. The number of ketones is 1. The van der Waals surface area contributed by atoms with Crippen molar-refractivity contribution >= 4 is 5.78 Å². The van der Waals surface area contributed by atoms with Crippen LogP contribution in [0.5, 0.6) is 0 Å². The summed E-state index contributed by atoms with van der Waals surface area (Å²) in [4.78, 5) is 13.6. The van der Waals surface area contributed by atoms with Gasteiger partial charge in [-0.3, -0.25) is 4.79 Å². The number of hydrogen-bond donors (Lipinski definition) is 0. The first-order valence-corrected chi connectivity index (χ1v) is 18.8. The zero-order valence-electron chi connectivity index (χ0n) is 27.7. The molecule has 9 saturated heterocycles. The zero-order valence-corrected chi connectivity index (χ0v) is 27.7. The first kappa shape index (κ1) is 31.1. The van der Waals surface area contributed by atoms with Crippen LogP contribution in [0.25, 0.3) is 0 Å². The standard InChI is InChI=1S/C37H54O9/c1-18-12-25-6-8-27-19(2)13-24(40-27)5-4-22-15-31-33-34-36(44-31)35(46-37(22)45-33)32-28(43-34)9-7-26(42-32)16-23(38)14-21-10-11-39-30(21)17-29(41-25)20(18)3/h18-19,21-22,24-37H,3-17H2,1-2H3/t18-,19?,21?,22?,24?,25+,26?,27?,28?,29?,30?,31-,32+,33?,34+,35?,36?,37+/m1/s1. The van der Waals surface area contributed by atoms with Crippen LogP contribution in [0.2, 0.25) is 0 Å². The van der Waals surface area contributed by atoms with E-state index >= 15 is 0 Å². The monoisotopic (exact) mass is 642 g/mol. The van der Waals surface area contributed by atoms with Gasteiger partial charge in [0.1, 0.15) is 36.3 Å². The molecule has 9 heteroatoms. The number of carbonyl (C=O) groups is 1. The Bertz CT molecular complexity index is 1160. The normalized spacial score (nSPS) is 55.5. The first-order valence-electron chi connectivity index (χ1n) is 18.8. The van der Waals surface area contributed by atoms with Crippen molar-refractivity contribution in [2.45, 2.75) is 183 Å². The number of hydrogen-bond acceptors (Lipinski definition) is 9. The Morgan fingerprint density at radius 2 is 1.28 bits per heavy atom. The third-order valence-corrected chi connectivity index (χ3v) is 13.3. The maximum absolute atomic E-state index is 13.6. The molecule has 0 aromatic carbocycles. The predicted octanol–water partition coefficient (Wildman–Crippen LogP) is 5.06. The van der Waals surface area contributed by atoms with Gasteiger partial charge in [0.25, 0.3) is 0 Å². The van der Waals surface area contributed by atoms with E-state index in [9.17, 15) is 4.79 Å². The number of carbonyl (C=O) groups excluding carboxylic acids is 1. The van der Waals surface area contributed by atoms with E-state index in [-0.39, 0.29) is 103 Å². The van der Waals surface area contributed by atoms with Gasteiger partial charge in [-0.1, -0.05) is 20.4 Å². The summed E-state index contributed by atoms with van der Waals surface area (Å²) >= 11 is 0. The van der Waals surface area contributed by atoms with Gasteiger partial charge in [-0.05, 0) is 87.5 Å². The fourth-order valence-electron chi connectivity index (χ4n) is 10.7. The molecule has 0 aliphatic carbocycles. The summed E-state index contributed by atoms with van der Waals surface area (Å²) in [5, 5.41) is 0. The SMILES string of the molecule is C=C1C2CC3OCCC3CC(=O)CC3CCC4O[C@@H]5C6O[C@@H]7CC(CCC8CC(C)C(CC[C@@H](C[C@H]1C)O2)O8)[C@H](OC6[C@H]4O3)OC57. The minimum atomic E-state index is -0.278. The topological polar surface area (TPSA) is 90.9 Å². The Balaban J connectivity index is 0.957. The van der Waals surface area contributed by atoms with E-state index in [2.05, 4.69) is 20.4 Å². The van der Waals surface area contributed by atoms with Crippen LogP contribution >= 0.6 is 0 Å². The van der Waals surface area contributed by atoms with Gasteiger partial charge < -0.3 is 37.9 Å². The second kappa shape index (κ2) is 12.4. The van der Waals surface area contributed by atoms with E-state index < -0.39 is 0 Å². The van der Waals surface area contributed by atoms with Crippen LogP contribution in [0.3, 0.4) is 0 Å². The third-order valence-electron chi connectivity index (χ3n) is 13.3. The summed E-state index contributed by atoms with van der Waals surface area (Å²) in [6.45, 7) is 9.80. The average Bonchev–Trinajstić information content (AvgIpc) is 3.70. The highest BCUT2D eigenvalue weighted by molar-refractivity contribution is 5.79. The molecule has 256 valence electrons. The van der Waals surface area contributed by atoms with Crippen molar-refractivity contribution in [3.05, 3.63) is 12.2 Å². The van der Waals surface area contributed by atoms with Crippen molar-refractivity contribution in [2.24, 2.45) is 23.7 Å². The maximum atomic E-state index is 13.6. The number of rotatable bonds is 0. The van der Waals surface area contributed by atoms with E-state index in [1.165, 1.54) is 5.57 Å². The Kier molecular flexibility index (Phi) is 8.42. The van der Waals surface area contributed by atoms with Crippen LogP contribution in [0.4, 0.5) is 0 Å². The van der Waals surface area contributed by atoms with Gasteiger partial charge in [-0.25, -0.2) is 0 Å². The average molecular weight is 643 g/mol. The van der Waals surface area contributed by atoms with Gasteiger partial charge in [0, 0.05) is 31.8 Å². The quantitative estimate of drug-likeness (QED) is 0.337. The molecule has 18 atom stereocenters. The minimum Gasteiger partial charge on any atom is -0.378 e. The lowest BCUT2D eigenvalue weighted by atomic mass is 9.82. The number of Topliss-reactive ketones (excluding diaryl/α,β-unsaturated/α-hetero) is 1. The van der Waals surface area contributed by atoms with Crippen molar-refractivity contribution in [2.75, 3.05) is 6.61 Å². The molecule has 0 amide bonds. The molecule has 0 aromatic rings. The lowest BCUT2D eigenvalue weighted by Gasteiger charge is -2.47. The second-order valence-corrected chi connectivity index (χ2v) is 16.4. The summed E-state index contributed by atoms with van der Waals surface area (Å²) in [5.74, 6) is 1.68. The van der Waals surface area contributed by atoms with Crippen LogP contribution in [0.1, 0.15) is 97.3 Å². The largest absolute Gasteiger partial charge is 0.378 e. The molecule has 9 rings (SSSR count). The molecule has 9 fully saturated rings. The smallest absolute Gasteiger partial charge is 0.161 e. The highest BCUT2D eigenvalue weighted by Gasteiger charge is 2.64. The summed E-state index contributed by atoms with van der Waals surface area (Å²) < 4.78 is 53.2. The van der Waals surface area contributed by atoms with Crippen molar-refractivity contribution in [3.8, 4) is 0 Å².